The average molecular weight is 254 g/mol. The number of aliphatic carboxylic acids is 1. The summed E-state index contributed by atoms with van der Waals surface area (Å²) in [5, 5.41) is 7.42. The van der Waals surface area contributed by atoms with Crippen molar-refractivity contribution in [3.63, 3.8) is 0 Å². The van der Waals surface area contributed by atoms with Crippen LogP contribution in [-0.4, -0.2) is 11.1 Å². The Morgan fingerprint density at radius 3 is 2.11 bits per heavy atom. The zero-order valence-electron chi connectivity index (χ0n) is 12.3. The molecule has 1 N–H and O–H groups in total. The maximum Gasteiger partial charge on any atom is 0.300 e. The Labute approximate surface area is 113 Å². The first kappa shape index (κ1) is 19.3. The maximum absolute atomic E-state index is 9.00. The van der Waals surface area contributed by atoms with E-state index in [1.165, 1.54) is 44.9 Å². The van der Waals surface area contributed by atoms with Gasteiger partial charge in [-0.25, -0.2) is 0 Å². The molecule has 0 aliphatic carbocycles. The van der Waals surface area contributed by atoms with E-state index >= 15 is 0 Å². The summed E-state index contributed by atoms with van der Waals surface area (Å²) in [5.41, 5.74) is 0. The van der Waals surface area contributed by atoms with E-state index in [0.29, 0.717) is 0 Å². The van der Waals surface area contributed by atoms with Gasteiger partial charge in [0.25, 0.3) is 5.97 Å². The number of carbonyl (C=O) groups is 1. The lowest BCUT2D eigenvalue weighted by molar-refractivity contribution is -0.134. The number of carboxylic acids is 1. The fourth-order valence-corrected chi connectivity index (χ4v) is 1.47. The number of allylic oxidation sites excluding steroid dienone is 4. The van der Waals surface area contributed by atoms with Gasteiger partial charge in [-0.05, 0) is 26.2 Å². The molecule has 0 rings (SSSR count). The van der Waals surface area contributed by atoms with Crippen LogP contribution in [0.15, 0.2) is 24.3 Å². The topological polar surface area (TPSA) is 37.3 Å². The van der Waals surface area contributed by atoms with Crippen molar-refractivity contribution in [1.29, 1.82) is 0 Å². The van der Waals surface area contributed by atoms with Crippen molar-refractivity contribution < 1.29 is 9.90 Å². The van der Waals surface area contributed by atoms with E-state index in [4.69, 9.17) is 9.90 Å². The summed E-state index contributed by atoms with van der Waals surface area (Å²) >= 11 is 0. The molecule has 18 heavy (non-hydrogen) atoms. The van der Waals surface area contributed by atoms with Crippen LogP contribution in [0, 0.1) is 0 Å². The Balaban J connectivity index is 0. The van der Waals surface area contributed by atoms with Gasteiger partial charge in [-0.1, -0.05) is 63.3 Å². The van der Waals surface area contributed by atoms with Crippen LogP contribution in [-0.2, 0) is 4.79 Å². The molecule has 0 aliphatic rings. The second-order valence-corrected chi connectivity index (χ2v) is 4.35. The van der Waals surface area contributed by atoms with E-state index in [1.807, 2.05) is 0 Å². The Kier molecular flexibility index (Phi) is 19.6. The number of unbranched alkanes of at least 4 members (excludes halogenated alkanes) is 6. The lowest BCUT2D eigenvalue weighted by atomic mass is 10.1. The maximum atomic E-state index is 9.00. The molecule has 0 fully saturated rings. The van der Waals surface area contributed by atoms with Crippen molar-refractivity contribution >= 4 is 5.97 Å². The summed E-state index contributed by atoms with van der Waals surface area (Å²) in [6.45, 7) is 5.42. The lowest BCUT2D eigenvalue weighted by Gasteiger charge is -1.97. The first-order valence-corrected chi connectivity index (χ1v) is 7.10. The summed E-state index contributed by atoms with van der Waals surface area (Å²) < 4.78 is 0. The molecule has 2 heteroatoms. The molecular weight excluding hydrogens is 224 g/mol. The highest BCUT2D eigenvalue weighted by Gasteiger charge is 1.87. The van der Waals surface area contributed by atoms with Crippen LogP contribution in [0.5, 0.6) is 0 Å². The Morgan fingerprint density at radius 2 is 1.56 bits per heavy atom. The Bertz CT molecular complexity index is 213. The molecule has 0 unspecified atom stereocenters. The summed E-state index contributed by atoms with van der Waals surface area (Å²) in [7, 11) is 0. The molecule has 0 radical (unpaired) electrons. The molecule has 0 aromatic rings. The summed E-state index contributed by atoms with van der Waals surface area (Å²) in [6.07, 6.45) is 19.7. The molecule has 106 valence electrons. The minimum Gasteiger partial charge on any atom is -0.481 e. The average Bonchev–Trinajstić information content (AvgIpc) is 2.31. The first-order valence-electron chi connectivity index (χ1n) is 7.10. The highest BCUT2D eigenvalue weighted by molar-refractivity contribution is 5.62. The predicted molar refractivity (Wildman–Crippen MR) is 79.9 cm³/mol. The summed E-state index contributed by atoms with van der Waals surface area (Å²) in [4.78, 5) is 9.00. The van der Waals surface area contributed by atoms with Crippen molar-refractivity contribution in [2.24, 2.45) is 0 Å². The van der Waals surface area contributed by atoms with Gasteiger partial charge in [0.2, 0.25) is 0 Å². The Morgan fingerprint density at radius 1 is 1.00 bits per heavy atom. The van der Waals surface area contributed by atoms with E-state index in [0.717, 1.165) is 13.3 Å². The molecule has 0 aromatic carbocycles. The summed E-state index contributed by atoms with van der Waals surface area (Å²) in [6, 6.07) is 0. The van der Waals surface area contributed by atoms with Crippen LogP contribution in [0.1, 0.15) is 72.1 Å². The Hall–Kier alpha value is -1.05. The van der Waals surface area contributed by atoms with Crippen LogP contribution in [0.25, 0.3) is 0 Å². The van der Waals surface area contributed by atoms with Crippen LogP contribution in [0.4, 0.5) is 0 Å². The van der Waals surface area contributed by atoms with Gasteiger partial charge in [0.1, 0.15) is 0 Å². The van der Waals surface area contributed by atoms with Crippen molar-refractivity contribution in [1.82, 2.24) is 0 Å². The molecule has 0 amide bonds. The zero-order chi connectivity index (χ0) is 14.1. The minimum absolute atomic E-state index is 0.833. The van der Waals surface area contributed by atoms with Crippen molar-refractivity contribution in [2.45, 2.75) is 72.1 Å². The fraction of sp³-hybridized carbons (Fsp3) is 0.688. The van der Waals surface area contributed by atoms with E-state index in [9.17, 15) is 0 Å². The van der Waals surface area contributed by atoms with Crippen molar-refractivity contribution in [2.75, 3.05) is 0 Å². The van der Waals surface area contributed by atoms with Gasteiger partial charge in [-0.2, -0.15) is 0 Å². The second-order valence-electron chi connectivity index (χ2n) is 4.35. The molecule has 0 atom stereocenters. The monoisotopic (exact) mass is 254 g/mol. The predicted octanol–water partition coefficient (Wildman–Crippen LogP) is 5.35. The van der Waals surface area contributed by atoms with Crippen LogP contribution in [0.2, 0.25) is 0 Å². The zero-order valence-corrected chi connectivity index (χ0v) is 12.3. The fourth-order valence-electron chi connectivity index (χ4n) is 1.47. The molecule has 0 saturated carbocycles. The third-order valence-corrected chi connectivity index (χ3v) is 2.40. The van der Waals surface area contributed by atoms with Crippen molar-refractivity contribution in [3.8, 4) is 0 Å². The van der Waals surface area contributed by atoms with Gasteiger partial charge in [0, 0.05) is 6.92 Å². The number of hydrogen-bond donors (Lipinski definition) is 1. The largest absolute Gasteiger partial charge is 0.481 e. The standard InChI is InChI=1S/C14H26.C2H4O2/c1-3-5-7-9-11-13-14-12-10-8-6-4-2;1-2(3)4/h3,5,9,11H,4,6-8,10,12-14H2,1-2H3;1H3,(H,3,4)/b5-3-,11-9-;. The van der Waals surface area contributed by atoms with Crippen LogP contribution >= 0.6 is 0 Å². The summed E-state index contributed by atoms with van der Waals surface area (Å²) in [5.74, 6) is -0.833. The van der Waals surface area contributed by atoms with Gasteiger partial charge in [-0.15, -0.1) is 0 Å². The van der Waals surface area contributed by atoms with Gasteiger partial charge in [0.15, 0.2) is 0 Å². The van der Waals surface area contributed by atoms with Gasteiger partial charge in [-0.3, -0.25) is 4.79 Å². The van der Waals surface area contributed by atoms with E-state index in [1.54, 1.807) is 0 Å². The van der Waals surface area contributed by atoms with E-state index in [-0.39, 0.29) is 0 Å². The van der Waals surface area contributed by atoms with Gasteiger partial charge < -0.3 is 5.11 Å². The molecule has 0 bridgehead atoms. The SMILES string of the molecule is C/C=C\C/C=C\CCCCCCCC.CC(=O)O. The van der Waals surface area contributed by atoms with Crippen molar-refractivity contribution in [3.05, 3.63) is 24.3 Å². The molecule has 0 spiro atoms. The number of carboxylic acid groups (broad SMARTS) is 1. The smallest absolute Gasteiger partial charge is 0.300 e. The van der Waals surface area contributed by atoms with Crippen LogP contribution in [0.3, 0.4) is 0 Å². The van der Waals surface area contributed by atoms with Gasteiger partial charge >= 0.3 is 0 Å². The highest BCUT2D eigenvalue weighted by Crippen LogP contribution is 2.07. The molecule has 0 aromatic heterocycles. The lowest BCUT2D eigenvalue weighted by Crippen LogP contribution is -1.78. The van der Waals surface area contributed by atoms with Gasteiger partial charge in [0.05, 0.1) is 0 Å². The third kappa shape index (κ3) is 29.4. The van der Waals surface area contributed by atoms with Crippen LogP contribution < -0.4 is 0 Å². The molecule has 0 saturated heterocycles. The first-order chi connectivity index (χ1) is 8.65. The third-order valence-electron chi connectivity index (χ3n) is 2.40. The number of rotatable bonds is 9. The molecule has 0 heterocycles. The molecular formula is C16H30O2. The normalized spacial score (nSPS) is 10.6. The highest BCUT2D eigenvalue weighted by atomic mass is 16.4. The van der Waals surface area contributed by atoms with E-state index in [2.05, 4.69) is 38.2 Å². The molecule has 0 aliphatic heterocycles. The second kappa shape index (κ2) is 18.3. The molecule has 2 nitrogen and oxygen atoms in total. The quantitative estimate of drug-likeness (QED) is 0.445. The minimum atomic E-state index is -0.833. The number of hydrogen-bond acceptors (Lipinski definition) is 1. The van der Waals surface area contributed by atoms with E-state index < -0.39 is 5.97 Å².